The van der Waals surface area contributed by atoms with Gasteiger partial charge in [0.15, 0.2) is 0 Å². The summed E-state index contributed by atoms with van der Waals surface area (Å²) in [5.74, 6) is -0.843. The van der Waals surface area contributed by atoms with E-state index in [1.807, 2.05) is 33.8 Å². The number of carbonyl (C=O) groups is 2. The molecular formula is C19H28N3O4P. The number of rotatable bonds is 8. The Labute approximate surface area is 160 Å². The van der Waals surface area contributed by atoms with Crippen molar-refractivity contribution in [2.75, 3.05) is 18.9 Å². The number of nitrogens with zero attached hydrogens (tertiary/aromatic N) is 3. The molecule has 0 aromatic heterocycles. The molecule has 8 heteroatoms. The van der Waals surface area contributed by atoms with Gasteiger partial charge in [0.05, 0.1) is 0 Å². The molecule has 0 atom stereocenters. The van der Waals surface area contributed by atoms with Crippen LogP contribution in [0.15, 0.2) is 24.3 Å². The summed E-state index contributed by atoms with van der Waals surface area (Å²) >= 11 is 0. The SMILES string of the molecule is CC(C)N(C(C)C)P(O)(O)(CCC#N)CCN1C(=O)c2ccccc2C1=O. The molecule has 1 aromatic carbocycles. The van der Waals surface area contributed by atoms with Crippen LogP contribution in [0, 0.1) is 11.3 Å². The number of imide groups is 1. The van der Waals surface area contributed by atoms with Crippen LogP contribution in [0.3, 0.4) is 0 Å². The van der Waals surface area contributed by atoms with E-state index in [9.17, 15) is 19.4 Å². The normalized spacial score (nSPS) is 16.0. The van der Waals surface area contributed by atoms with E-state index >= 15 is 0 Å². The molecule has 0 unspecified atom stereocenters. The third-order valence-electron chi connectivity index (χ3n) is 4.93. The first-order valence-corrected chi connectivity index (χ1v) is 11.6. The van der Waals surface area contributed by atoms with Crippen LogP contribution in [0.5, 0.6) is 0 Å². The standard InChI is InChI=1S/C19H28N3O4P/c1-14(2)22(15(3)4)27(25,26,12-7-10-20)13-11-21-18(23)16-8-5-6-9-17(16)19(21)24/h5-6,8-9,14-15,25-26H,7,11-13H2,1-4H3. The monoisotopic (exact) mass is 393 g/mol. The van der Waals surface area contributed by atoms with Gasteiger partial charge in [-0.25, -0.2) is 0 Å². The first-order valence-electron chi connectivity index (χ1n) is 9.13. The molecule has 0 bridgehead atoms. The predicted octanol–water partition coefficient (Wildman–Crippen LogP) is 2.60. The molecule has 0 aliphatic carbocycles. The van der Waals surface area contributed by atoms with Crippen molar-refractivity contribution in [1.29, 1.82) is 5.26 Å². The quantitative estimate of drug-likeness (QED) is 0.520. The average molecular weight is 393 g/mol. The number of hydrogen-bond acceptors (Lipinski definition) is 6. The van der Waals surface area contributed by atoms with Gasteiger partial charge in [0.1, 0.15) is 0 Å². The zero-order chi connectivity index (χ0) is 20.4. The van der Waals surface area contributed by atoms with E-state index in [1.54, 1.807) is 28.9 Å². The van der Waals surface area contributed by atoms with E-state index in [0.29, 0.717) is 11.1 Å². The van der Waals surface area contributed by atoms with E-state index in [1.165, 1.54) is 0 Å². The van der Waals surface area contributed by atoms with E-state index in [-0.39, 0.29) is 37.4 Å². The first-order chi connectivity index (χ1) is 12.5. The van der Waals surface area contributed by atoms with Crippen molar-refractivity contribution in [3.8, 4) is 6.07 Å². The van der Waals surface area contributed by atoms with Crippen LogP contribution >= 0.6 is 7.21 Å². The number of benzene rings is 1. The van der Waals surface area contributed by atoms with Crippen molar-refractivity contribution >= 4 is 19.0 Å². The number of nitriles is 1. The van der Waals surface area contributed by atoms with Crippen LogP contribution in [-0.2, 0) is 0 Å². The van der Waals surface area contributed by atoms with Crippen molar-refractivity contribution < 1.29 is 19.4 Å². The van der Waals surface area contributed by atoms with Gasteiger partial charge >= 0.3 is 160 Å². The van der Waals surface area contributed by atoms with Crippen LogP contribution in [0.25, 0.3) is 0 Å². The van der Waals surface area contributed by atoms with E-state index in [0.717, 1.165) is 4.90 Å². The second-order valence-electron chi connectivity index (χ2n) is 7.57. The molecule has 1 aromatic rings. The van der Waals surface area contributed by atoms with Gasteiger partial charge in [-0.05, 0) is 0 Å². The topological polar surface area (TPSA) is 105 Å². The maximum absolute atomic E-state index is 12.6. The van der Waals surface area contributed by atoms with Crippen molar-refractivity contribution in [2.24, 2.45) is 0 Å². The molecule has 0 saturated heterocycles. The Bertz CT molecular complexity index is 742. The van der Waals surface area contributed by atoms with Gasteiger partial charge in [0.25, 0.3) is 0 Å². The minimum atomic E-state index is -4.49. The molecule has 2 amide bonds. The zero-order valence-electron chi connectivity index (χ0n) is 16.3. The molecule has 7 nitrogen and oxygen atoms in total. The molecule has 148 valence electrons. The van der Waals surface area contributed by atoms with E-state index < -0.39 is 19.0 Å². The predicted molar refractivity (Wildman–Crippen MR) is 105 cm³/mol. The fraction of sp³-hybridized carbons (Fsp3) is 0.526. The number of fused-ring (bicyclic) bond motifs is 1. The van der Waals surface area contributed by atoms with Crippen LogP contribution < -0.4 is 0 Å². The fourth-order valence-corrected chi connectivity index (χ4v) is 8.02. The van der Waals surface area contributed by atoms with E-state index in [4.69, 9.17) is 5.26 Å². The molecular weight excluding hydrogens is 365 g/mol. The summed E-state index contributed by atoms with van der Waals surface area (Å²) in [6.07, 6.45) is -0.236. The van der Waals surface area contributed by atoms with Gasteiger partial charge < -0.3 is 0 Å². The van der Waals surface area contributed by atoms with Crippen molar-refractivity contribution in [3.63, 3.8) is 0 Å². The molecule has 2 N–H and O–H groups in total. The molecule has 0 spiro atoms. The summed E-state index contributed by atoms with van der Waals surface area (Å²) < 4.78 is 1.65. The second-order valence-corrected chi connectivity index (χ2v) is 11.6. The van der Waals surface area contributed by atoms with Crippen molar-refractivity contribution in [3.05, 3.63) is 35.4 Å². The molecule has 0 fully saturated rings. The molecule has 1 heterocycles. The second kappa shape index (κ2) is 7.65. The van der Waals surface area contributed by atoms with Crippen LogP contribution in [0.2, 0.25) is 0 Å². The zero-order valence-corrected chi connectivity index (χ0v) is 17.2. The van der Waals surface area contributed by atoms with E-state index in [2.05, 4.69) is 0 Å². The molecule has 0 radical (unpaired) electrons. The fourth-order valence-electron chi connectivity index (χ4n) is 4.03. The van der Waals surface area contributed by atoms with Crippen LogP contribution in [0.4, 0.5) is 0 Å². The Morgan fingerprint density at radius 3 is 1.93 bits per heavy atom. The number of carbonyl (C=O) groups excluding carboxylic acids is 2. The van der Waals surface area contributed by atoms with Crippen molar-refractivity contribution in [1.82, 2.24) is 9.57 Å². The molecule has 0 saturated carbocycles. The minimum absolute atomic E-state index is 0.0110. The summed E-state index contributed by atoms with van der Waals surface area (Å²) in [4.78, 5) is 49.2. The summed E-state index contributed by atoms with van der Waals surface area (Å²) in [5, 5.41) is 9.00. The molecule has 1 aliphatic rings. The molecule has 27 heavy (non-hydrogen) atoms. The Balaban J connectivity index is 2.31. The Hall–Kier alpha value is -1.84. The van der Waals surface area contributed by atoms with Crippen molar-refractivity contribution in [2.45, 2.75) is 46.2 Å². The third-order valence-corrected chi connectivity index (χ3v) is 9.18. The first kappa shape index (κ1) is 21.5. The summed E-state index contributed by atoms with van der Waals surface area (Å²) in [6.45, 7) is 7.35. The van der Waals surface area contributed by atoms with Gasteiger partial charge in [0.2, 0.25) is 0 Å². The summed E-state index contributed by atoms with van der Waals surface area (Å²) in [6, 6.07) is 8.22. The van der Waals surface area contributed by atoms with Crippen LogP contribution in [0.1, 0.15) is 54.8 Å². The van der Waals surface area contributed by atoms with Gasteiger partial charge in [-0.1, -0.05) is 0 Å². The van der Waals surface area contributed by atoms with Gasteiger partial charge in [-0.2, -0.15) is 0 Å². The molecule has 2 rings (SSSR count). The summed E-state index contributed by atoms with van der Waals surface area (Å²) in [7, 11) is -4.49. The Morgan fingerprint density at radius 1 is 1.04 bits per heavy atom. The third kappa shape index (κ3) is 4.04. The number of amides is 2. The summed E-state index contributed by atoms with van der Waals surface area (Å²) in [5.41, 5.74) is 0.667. The van der Waals surface area contributed by atoms with Crippen LogP contribution in [-0.4, -0.2) is 62.1 Å². The average Bonchev–Trinajstić information content (AvgIpc) is 2.82. The number of hydrogen-bond donors (Lipinski definition) is 2. The Kier molecular flexibility index (Phi) is 6.08. The maximum atomic E-state index is 12.6. The van der Waals surface area contributed by atoms with Gasteiger partial charge in [-0.15, -0.1) is 0 Å². The van der Waals surface area contributed by atoms with Gasteiger partial charge in [0, 0.05) is 0 Å². The Morgan fingerprint density at radius 2 is 1.52 bits per heavy atom. The van der Waals surface area contributed by atoms with Gasteiger partial charge in [-0.3, -0.25) is 0 Å². The molecule has 1 aliphatic heterocycles.